The number of benzene rings is 8. The first-order chi connectivity index (χ1) is 29.0. The second kappa shape index (κ2) is 12.6. The number of fused-ring (bicyclic) bond motifs is 9. The molecule has 2 heterocycles. The standard InChI is InChI=1S/C56H38N2O/c1-55(2)46-22-12-9-19-40(46)42-29-27-37(32-48(42)55)54-57-50(34-51(58-54)36-26-30-45-44-21-11-14-24-52(44)59-53(45)33-36)35-25-28-43-41-20-10-13-23-47(41)56(49(43)31-35,38-15-5-3-6-16-38)39-17-7-4-8-18-39/h3-34H,1-2H3. The van der Waals surface area contributed by atoms with Crippen molar-refractivity contribution in [2.45, 2.75) is 24.7 Å². The number of hydrogen-bond acceptors (Lipinski definition) is 3. The second-order valence-corrected chi connectivity index (χ2v) is 16.5. The van der Waals surface area contributed by atoms with Crippen LogP contribution in [-0.2, 0) is 10.8 Å². The maximum Gasteiger partial charge on any atom is 0.160 e. The minimum atomic E-state index is -0.518. The van der Waals surface area contributed by atoms with Crippen LogP contribution in [0.2, 0.25) is 0 Å². The molecule has 0 saturated carbocycles. The molecule has 0 fully saturated rings. The van der Waals surface area contributed by atoms with Gasteiger partial charge in [0.2, 0.25) is 0 Å². The predicted molar refractivity (Wildman–Crippen MR) is 240 cm³/mol. The van der Waals surface area contributed by atoms with Crippen LogP contribution in [0.4, 0.5) is 0 Å². The van der Waals surface area contributed by atoms with Crippen LogP contribution >= 0.6 is 0 Å². The van der Waals surface area contributed by atoms with Gasteiger partial charge in [0.25, 0.3) is 0 Å². The Bertz CT molecular complexity index is 3260. The van der Waals surface area contributed by atoms with Crippen molar-refractivity contribution < 1.29 is 4.42 Å². The van der Waals surface area contributed by atoms with E-state index >= 15 is 0 Å². The zero-order valence-electron chi connectivity index (χ0n) is 32.8. The van der Waals surface area contributed by atoms with Crippen molar-refractivity contribution in [1.82, 2.24) is 9.97 Å². The molecule has 278 valence electrons. The fourth-order valence-electron chi connectivity index (χ4n) is 10.2. The van der Waals surface area contributed by atoms with Crippen LogP contribution in [0.15, 0.2) is 199 Å². The number of furan rings is 1. The summed E-state index contributed by atoms with van der Waals surface area (Å²) in [4.78, 5) is 10.8. The van der Waals surface area contributed by atoms with E-state index in [9.17, 15) is 0 Å². The molecule has 0 radical (unpaired) electrons. The van der Waals surface area contributed by atoms with Crippen LogP contribution in [0, 0.1) is 0 Å². The fourth-order valence-corrected chi connectivity index (χ4v) is 10.2. The highest BCUT2D eigenvalue weighted by Crippen LogP contribution is 2.57. The lowest BCUT2D eigenvalue weighted by Gasteiger charge is -2.34. The largest absolute Gasteiger partial charge is 0.456 e. The van der Waals surface area contributed by atoms with Gasteiger partial charge in [-0.3, -0.25) is 0 Å². The lowest BCUT2D eigenvalue weighted by atomic mass is 9.67. The van der Waals surface area contributed by atoms with Crippen molar-refractivity contribution in [2.75, 3.05) is 0 Å². The number of nitrogens with zero attached hydrogens (tertiary/aromatic N) is 2. The normalized spacial score (nSPS) is 14.2. The lowest BCUT2D eigenvalue weighted by molar-refractivity contribution is 0.660. The van der Waals surface area contributed by atoms with E-state index in [0.29, 0.717) is 5.82 Å². The summed E-state index contributed by atoms with van der Waals surface area (Å²) >= 11 is 0. The minimum Gasteiger partial charge on any atom is -0.456 e. The number of para-hydroxylation sites is 1. The van der Waals surface area contributed by atoms with Gasteiger partial charge in [-0.15, -0.1) is 0 Å². The average Bonchev–Trinajstić information content (AvgIpc) is 3.90. The van der Waals surface area contributed by atoms with E-state index in [1.165, 1.54) is 55.6 Å². The Morgan fingerprint density at radius 3 is 1.61 bits per heavy atom. The molecule has 12 rings (SSSR count). The molecular weight excluding hydrogens is 717 g/mol. The molecular formula is C56H38N2O. The first-order valence-electron chi connectivity index (χ1n) is 20.4. The predicted octanol–water partition coefficient (Wildman–Crippen LogP) is 14.0. The van der Waals surface area contributed by atoms with Crippen LogP contribution in [0.3, 0.4) is 0 Å². The van der Waals surface area contributed by atoms with E-state index in [1.54, 1.807) is 0 Å². The number of hydrogen-bond donors (Lipinski definition) is 0. The van der Waals surface area contributed by atoms with Gasteiger partial charge in [0.1, 0.15) is 11.2 Å². The Balaban J connectivity index is 1.09. The van der Waals surface area contributed by atoms with Crippen molar-refractivity contribution >= 4 is 21.9 Å². The van der Waals surface area contributed by atoms with Crippen molar-refractivity contribution in [2.24, 2.45) is 0 Å². The summed E-state index contributed by atoms with van der Waals surface area (Å²) in [7, 11) is 0. The van der Waals surface area contributed by atoms with Gasteiger partial charge in [-0.05, 0) is 92.0 Å². The Hall–Kier alpha value is -7.36. The third kappa shape index (κ3) is 4.88. The zero-order chi connectivity index (χ0) is 39.3. The molecule has 0 unspecified atom stereocenters. The van der Waals surface area contributed by atoms with E-state index in [4.69, 9.17) is 14.4 Å². The molecule has 0 bridgehead atoms. The molecule has 8 aromatic carbocycles. The van der Waals surface area contributed by atoms with E-state index < -0.39 is 5.41 Å². The molecule has 2 aliphatic rings. The van der Waals surface area contributed by atoms with E-state index in [0.717, 1.165) is 50.0 Å². The molecule has 0 N–H and O–H groups in total. The molecule has 0 spiro atoms. The van der Waals surface area contributed by atoms with Gasteiger partial charge in [-0.25, -0.2) is 9.97 Å². The summed E-state index contributed by atoms with van der Waals surface area (Å²) in [5.41, 5.74) is 18.5. The van der Waals surface area contributed by atoms with Gasteiger partial charge in [0.05, 0.1) is 16.8 Å². The Labute approximate surface area is 343 Å². The lowest BCUT2D eigenvalue weighted by Crippen LogP contribution is -2.28. The van der Waals surface area contributed by atoms with Gasteiger partial charge in [0.15, 0.2) is 5.82 Å². The highest BCUT2D eigenvalue weighted by molar-refractivity contribution is 6.06. The van der Waals surface area contributed by atoms with Crippen molar-refractivity contribution in [1.29, 1.82) is 0 Å². The van der Waals surface area contributed by atoms with Gasteiger partial charge < -0.3 is 4.42 Å². The highest BCUT2D eigenvalue weighted by atomic mass is 16.3. The van der Waals surface area contributed by atoms with Crippen LogP contribution in [0.1, 0.15) is 47.2 Å². The third-order valence-corrected chi connectivity index (χ3v) is 13.0. The maximum atomic E-state index is 6.39. The molecule has 3 nitrogen and oxygen atoms in total. The van der Waals surface area contributed by atoms with Crippen molar-refractivity contribution in [3.05, 3.63) is 228 Å². The minimum absolute atomic E-state index is 0.151. The number of aromatic nitrogens is 2. The zero-order valence-corrected chi connectivity index (χ0v) is 32.8. The summed E-state index contributed by atoms with van der Waals surface area (Å²) in [5, 5.41) is 2.20. The van der Waals surface area contributed by atoms with Crippen molar-refractivity contribution in [3.63, 3.8) is 0 Å². The molecule has 0 amide bonds. The Morgan fingerprint density at radius 2 is 0.881 bits per heavy atom. The Morgan fingerprint density at radius 1 is 0.373 bits per heavy atom. The Kier molecular flexibility index (Phi) is 7.19. The maximum absolute atomic E-state index is 6.39. The SMILES string of the molecule is CC1(C)c2ccccc2-c2ccc(-c3nc(-c4ccc5c(c4)C(c4ccccc4)(c4ccccc4)c4ccccc4-5)cc(-c4ccc5c(c4)oc4ccccc45)n3)cc21. The third-order valence-electron chi connectivity index (χ3n) is 13.0. The molecule has 0 atom stereocenters. The van der Waals surface area contributed by atoms with Crippen LogP contribution < -0.4 is 0 Å². The molecule has 0 saturated heterocycles. The van der Waals surface area contributed by atoms with Gasteiger partial charge >= 0.3 is 0 Å². The molecule has 59 heavy (non-hydrogen) atoms. The van der Waals surface area contributed by atoms with Crippen LogP contribution in [0.5, 0.6) is 0 Å². The van der Waals surface area contributed by atoms with Gasteiger partial charge in [0, 0.05) is 32.9 Å². The summed E-state index contributed by atoms with van der Waals surface area (Å²) in [5.74, 6) is 0.693. The first-order valence-corrected chi connectivity index (χ1v) is 20.4. The van der Waals surface area contributed by atoms with Gasteiger partial charge in [-0.2, -0.15) is 0 Å². The quantitative estimate of drug-likeness (QED) is 0.176. The van der Waals surface area contributed by atoms with Crippen LogP contribution in [-0.4, -0.2) is 9.97 Å². The van der Waals surface area contributed by atoms with E-state index in [2.05, 4.69) is 196 Å². The molecule has 0 aliphatic heterocycles. The van der Waals surface area contributed by atoms with E-state index in [1.807, 2.05) is 12.1 Å². The second-order valence-electron chi connectivity index (χ2n) is 16.5. The summed E-state index contributed by atoms with van der Waals surface area (Å²) in [6, 6.07) is 70.1. The highest BCUT2D eigenvalue weighted by Gasteiger charge is 2.46. The topological polar surface area (TPSA) is 38.9 Å². The molecule has 3 heteroatoms. The molecule has 2 aromatic heterocycles. The van der Waals surface area contributed by atoms with E-state index in [-0.39, 0.29) is 5.41 Å². The summed E-state index contributed by atoms with van der Waals surface area (Å²) in [6.07, 6.45) is 0. The van der Waals surface area contributed by atoms with Crippen molar-refractivity contribution in [3.8, 4) is 56.2 Å². The monoisotopic (exact) mass is 754 g/mol. The summed E-state index contributed by atoms with van der Waals surface area (Å²) in [6.45, 7) is 4.64. The molecule has 10 aromatic rings. The average molecular weight is 755 g/mol. The van der Waals surface area contributed by atoms with Crippen LogP contribution in [0.25, 0.3) is 78.1 Å². The fraction of sp³-hybridized carbons (Fsp3) is 0.0714. The van der Waals surface area contributed by atoms with Gasteiger partial charge in [-0.1, -0.05) is 172 Å². The first kappa shape index (κ1) is 33.7. The molecule has 2 aliphatic carbocycles. The smallest absolute Gasteiger partial charge is 0.160 e. The summed E-state index contributed by atoms with van der Waals surface area (Å²) < 4.78 is 6.39. The number of rotatable bonds is 5.